The van der Waals surface area contributed by atoms with Crippen molar-refractivity contribution in [2.24, 2.45) is 0 Å². The number of aryl methyl sites for hydroxylation is 1. The number of anilines is 1. The van der Waals surface area contributed by atoms with E-state index in [0.717, 1.165) is 12.1 Å². The molecule has 1 heterocycles. The van der Waals surface area contributed by atoms with E-state index in [1.807, 2.05) is 0 Å². The molecular weight excluding hydrogens is 315 g/mol. The van der Waals surface area contributed by atoms with Crippen LogP contribution in [0.25, 0.3) is 0 Å². The highest BCUT2D eigenvalue weighted by molar-refractivity contribution is 7.98. The molecule has 0 bridgehead atoms. The number of alkyl halides is 3. The predicted molar refractivity (Wildman–Crippen MR) is 77.9 cm³/mol. The predicted octanol–water partition coefficient (Wildman–Crippen LogP) is 3.78. The van der Waals surface area contributed by atoms with Gasteiger partial charge in [0.2, 0.25) is 0 Å². The number of thioether (sulfide) groups is 1. The largest absolute Gasteiger partial charge is 0.416 e. The fourth-order valence-electron chi connectivity index (χ4n) is 1.74. The van der Waals surface area contributed by atoms with Gasteiger partial charge in [-0.2, -0.15) is 13.2 Å². The van der Waals surface area contributed by atoms with Gasteiger partial charge < -0.3 is 5.32 Å². The molecule has 0 aliphatic carbocycles. The van der Waals surface area contributed by atoms with Crippen molar-refractivity contribution in [3.05, 3.63) is 47.3 Å². The van der Waals surface area contributed by atoms with Crippen LogP contribution in [0.3, 0.4) is 0 Å². The highest BCUT2D eigenvalue weighted by Gasteiger charge is 2.30. The smallest absolute Gasteiger partial charge is 0.322 e. The topological polar surface area (TPSA) is 54.9 Å². The van der Waals surface area contributed by atoms with E-state index in [4.69, 9.17) is 0 Å². The second kappa shape index (κ2) is 6.35. The summed E-state index contributed by atoms with van der Waals surface area (Å²) in [6.07, 6.45) is -1.30. The molecule has 0 unspecified atom stereocenters. The zero-order chi connectivity index (χ0) is 16.3. The number of hydrogen-bond donors (Lipinski definition) is 1. The van der Waals surface area contributed by atoms with Crippen LogP contribution in [0.5, 0.6) is 0 Å². The van der Waals surface area contributed by atoms with Crippen molar-refractivity contribution in [3.63, 3.8) is 0 Å². The van der Waals surface area contributed by atoms with E-state index in [9.17, 15) is 18.0 Å². The number of nitrogens with zero attached hydrogens (tertiary/aromatic N) is 2. The van der Waals surface area contributed by atoms with Gasteiger partial charge in [-0.15, -0.1) is 0 Å². The Hall–Kier alpha value is -2.09. The molecule has 22 heavy (non-hydrogen) atoms. The summed E-state index contributed by atoms with van der Waals surface area (Å²) in [5.41, 5.74) is -0.0804. The molecule has 4 nitrogen and oxygen atoms in total. The van der Waals surface area contributed by atoms with Crippen LogP contribution in [0.2, 0.25) is 0 Å². The van der Waals surface area contributed by atoms with Gasteiger partial charge in [0.15, 0.2) is 5.16 Å². The fraction of sp³-hybridized carbons (Fsp3) is 0.214. The maximum atomic E-state index is 12.6. The van der Waals surface area contributed by atoms with Crippen molar-refractivity contribution in [2.75, 3.05) is 11.6 Å². The second-order valence-electron chi connectivity index (χ2n) is 4.39. The Morgan fingerprint density at radius 3 is 2.64 bits per heavy atom. The normalized spacial score (nSPS) is 11.3. The summed E-state index contributed by atoms with van der Waals surface area (Å²) in [4.78, 5) is 20.2. The zero-order valence-electron chi connectivity index (χ0n) is 11.7. The summed E-state index contributed by atoms with van der Waals surface area (Å²) >= 11 is 1.33. The van der Waals surface area contributed by atoms with E-state index in [1.54, 1.807) is 13.2 Å². The number of hydrogen-bond acceptors (Lipinski definition) is 4. The quantitative estimate of drug-likeness (QED) is 0.688. The van der Waals surface area contributed by atoms with Gasteiger partial charge in [0.1, 0.15) is 0 Å². The first kappa shape index (κ1) is 16.3. The molecule has 2 aromatic rings. The lowest BCUT2D eigenvalue weighted by Gasteiger charge is -2.10. The van der Waals surface area contributed by atoms with Crippen LogP contribution in [0.1, 0.15) is 21.6 Å². The number of amides is 1. The number of benzene rings is 1. The Morgan fingerprint density at radius 2 is 2.05 bits per heavy atom. The number of carbonyl (C=O) groups excluding carboxylic acids is 1. The molecule has 116 valence electrons. The van der Waals surface area contributed by atoms with Gasteiger partial charge in [0.05, 0.1) is 16.8 Å². The third kappa shape index (κ3) is 3.76. The Balaban J connectivity index is 2.22. The average molecular weight is 327 g/mol. The highest BCUT2D eigenvalue weighted by Crippen LogP contribution is 2.30. The molecule has 8 heteroatoms. The van der Waals surface area contributed by atoms with Crippen molar-refractivity contribution in [1.29, 1.82) is 0 Å². The molecule has 1 aromatic heterocycles. The minimum Gasteiger partial charge on any atom is -0.322 e. The zero-order valence-corrected chi connectivity index (χ0v) is 12.5. The van der Waals surface area contributed by atoms with Gasteiger partial charge in [-0.3, -0.25) is 4.79 Å². The standard InChI is InChI=1S/C14H12F3N3OS/c1-8-11(7-18-13(19-8)22-2)12(21)20-10-5-3-4-9(6-10)14(15,16)17/h3-7H,1-2H3,(H,20,21). The minimum absolute atomic E-state index is 0.0631. The Labute approximate surface area is 129 Å². The van der Waals surface area contributed by atoms with Crippen LogP contribution >= 0.6 is 11.8 Å². The van der Waals surface area contributed by atoms with Crippen molar-refractivity contribution in [2.45, 2.75) is 18.3 Å². The third-order valence-electron chi connectivity index (χ3n) is 2.83. The molecule has 0 saturated heterocycles. The molecular formula is C14H12F3N3OS. The number of nitrogens with one attached hydrogen (secondary N) is 1. The maximum Gasteiger partial charge on any atom is 0.416 e. The van der Waals surface area contributed by atoms with E-state index < -0.39 is 17.6 Å². The summed E-state index contributed by atoms with van der Waals surface area (Å²) in [6, 6.07) is 4.44. The average Bonchev–Trinajstić information content (AvgIpc) is 2.46. The van der Waals surface area contributed by atoms with Crippen molar-refractivity contribution >= 4 is 23.4 Å². The van der Waals surface area contributed by atoms with E-state index in [2.05, 4.69) is 15.3 Å². The molecule has 1 N–H and O–H groups in total. The van der Waals surface area contributed by atoms with Crippen LogP contribution in [0.4, 0.5) is 18.9 Å². The molecule has 2 rings (SSSR count). The summed E-state index contributed by atoms with van der Waals surface area (Å²) in [7, 11) is 0. The lowest BCUT2D eigenvalue weighted by molar-refractivity contribution is -0.137. The molecule has 0 spiro atoms. The van der Waals surface area contributed by atoms with Crippen LogP contribution in [-0.4, -0.2) is 22.1 Å². The molecule has 0 aliphatic rings. The van der Waals surface area contributed by atoms with Crippen molar-refractivity contribution in [1.82, 2.24) is 9.97 Å². The number of halogens is 3. The monoisotopic (exact) mass is 327 g/mol. The van der Waals surface area contributed by atoms with Crippen LogP contribution < -0.4 is 5.32 Å². The Bertz CT molecular complexity index is 704. The third-order valence-corrected chi connectivity index (χ3v) is 3.39. The molecule has 0 atom stereocenters. The first-order valence-corrected chi connectivity index (χ1v) is 7.40. The Kier molecular flexibility index (Phi) is 4.70. The number of carbonyl (C=O) groups is 1. The molecule has 1 aromatic carbocycles. The summed E-state index contributed by atoms with van der Waals surface area (Å²) in [6.45, 7) is 1.64. The van der Waals surface area contributed by atoms with Gasteiger partial charge in [-0.1, -0.05) is 17.8 Å². The van der Waals surface area contributed by atoms with E-state index in [1.165, 1.54) is 30.1 Å². The molecule has 0 saturated carbocycles. The van der Waals surface area contributed by atoms with Crippen LogP contribution in [0, 0.1) is 6.92 Å². The van der Waals surface area contributed by atoms with Crippen LogP contribution in [-0.2, 0) is 6.18 Å². The highest BCUT2D eigenvalue weighted by atomic mass is 32.2. The lowest BCUT2D eigenvalue weighted by Crippen LogP contribution is -2.15. The summed E-state index contributed by atoms with van der Waals surface area (Å²) in [5, 5.41) is 2.94. The van der Waals surface area contributed by atoms with Crippen molar-refractivity contribution in [3.8, 4) is 0 Å². The first-order valence-electron chi connectivity index (χ1n) is 6.17. The van der Waals surface area contributed by atoms with Crippen molar-refractivity contribution < 1.29 is 18.0 Å². The van der Waals surface area contributed by atoms with Gasteiger partial charge in [0.25, 0.3) is 5.91 Å². The van der Waals surface area contributed by atoms with Gasteiger partial charge in [-0.25, -0.2) is 9.97 Å². The van der Waals surface area contributed by atoms with Gasteiger partial charge in [0, 0.05) is 11.9 Å². The summed E-state index contributed by atoms with van der Waals surface area (Å²) in [5.74, 6) is -0.551. The second-order valence-corrected chi connectivity index (χ2v) is 5.16. The van der Waals surface area contributed by atoms with E-state index in [0.29, 0.717) is 10.9 Å². The van der Waals surface area contributed by atoms with Gasteiger partial charge in [-0.05, 0) is 31.4 Å². The minimum atomic E-state index is -4.46. The fourth-order valence-corrected chi connectivity index (χ4v) is 2.13. The Morgan fingerprint density at radius 1 is 1.32 bits per heavy atom. The maximum absolute atomic E-state index is 12.6. The number of aromatic nitrogens is 2. The molecule has 0 aliphatic heterocycles. The molecule has 0 radical (unpaired) electrons. The number of rotatable bonds is 3. The van der Waals surface area contributed by atoms with Crippen LogP contribution in [0.15, 0.2) is 35.6 Å². The SMILES string of the molecule is CSc1ncc(C(=O)Nc2cccc(C(F)(F)F)c2)c(C)n1. The summed E-state index contributed by atoms with van der Waals surface area (Å²) < 4.78 is 37.9. The van der Waals surface area contributed by atoms with E-state index in [-0.39, 0.29) is 11.3 Å². The van der Waals surface area contributed by atoms with E-state index >= 15 is 0 Å². The first-order chi connectivity index (χ1) is 10.3. The lowest BCUT2D eigenvalue weighted by atomic mass is 10.2. The van der Waals surface area contributed by atoms with Gasteiger partial charge >= 0.3 is 6.18 Å². The molecule has 0 fully saturated rings. The molecule has 1 amide bonds.